The van der Waals surface area contributed by atoms with Crippen LogP contribution in [0.4, 0.5) is 0 Å². The van der Waals surface area contributed by atoms with Gasteiger partial charge in [-0.3, -0.25) is 9.36 Å². The quantitative estimate of drug-likeness (QED) is 0.543. The topological polar surface area (TPSA) is 106 Å². The lowest BCUT2D eigenvalue weighted by molar-refractivity contribution is -0.119. The van der Waals surface area contributed by atoms with E-state index in [-0.39, 0.29) is 5.69 Å². The molecule has 1 heterocycles. The number of aromatic amines is 1. The van der Waals surface area contributed by atoms with Gasteiger partial charge in [-0.2, -0.15) is 0 Å². The number of thioether (sulfide) groups is 1. The number of carbonyl (C=O) groups excluding carboxylic acids is 1. The van der Waals surface area contributed by atoms with Crippen molar-refractivity contribution >= 4 is 17.7 Å². The summed E-state index contributed by atoms with van der Waals surface area (Å²) in [5.74, 6) is 0.0202. The Labute approximate surface area is 96.8 Å². The minimum absolute atomic E-state index is 0.245. The Morgan fingerprint density at radius 1 is 1.75 bits per heavy atom. The van der Waals surface area contributed by atoms with E-state index in [0.29, 0.717) is 17.5 Å². The number of likely N-dealkylation sites (N-methyl/N-ethyl adjacent to an activating group) is 1. The number of nitrogens with two attached hydrogens (primary N) is 1. The summed E-state index contributed by atoms with van der Waals surface area (Å²) >= 11 is 1.31. The van der Waals surface area contributed by atoms with Crippen LogP contribution in [0.15, 0.2) is 9.95 Å². The standard InChI is InChI=1S/C8H15N5O2S/c1-3-13-7(15)11-12-8(13)16-4-5(10-2)6(9)14/h5,10H,3-4H2,1-2H3,(H2,9,14)(H,11,15). The van der Waals surface area contributed by atoms with E-state index in [9.17, 15) is 9.59 Å². The molecule has 0 saturated heterocycles. The van der Waals surface area contributed by atoms with Gasteiger partial charge in [0.15, 0.2) is 5.16 Å². The zero-order chi connectivity index (χ0) is 12.1. The van der Waals surface area contributed by atoms with Crippen LogP contribution in [-0.2, 0) is 11.3 Å². The molecule has 1 amide bonds. The van der Waals surface area contributed by atoms with Gasteiger partial charge in [-0.25, -0.2) is 9.89 Å². The molecule has 0 radical (unpaired) electrons. The molecule has 8 heteroatoms. The van der Waals surface area contributed by atoms with E-state index in [1.807, 2.05) is 6.92 Å². The predicted molar refractivity (Wildman–Crippen MR) is 61.3 cm³/mol. The predicted octanol–water partition coefficient (Wildman–Crippen LogP) is -1.24. The molecule has 0 aliphatic heterocycles. The van der Waals surface area contributed by atoms with E-state index in [1.165, 1.54) is 16.3 Å². The summed E-state index contributed by atoms with van der Waals surface area (Å²) in [5.41, 5.74) is 4.93. The van der Waals surface area contributed by atoms with Crippen molar-refractivity contribution in [3.8, 4) is 0 Å². The Bertz CT molecular complexity index is 413. The SMILES string of the molecule is CCn1c(SCC(NC)C(N)=O)n[nH]c1=O. The minimum Gasteiger partial charge on any atom is -0.368 e. The number of H-pyrrole nitrogens is 1. The van der Waals surface area contributed by atoms with E-state index in [2.05, 4.69) is 15.5 Å². The fraction of sp³-hybridized carbons (Fsp3) is 0.625. The first kappa shape index (κ1) is 12.8. The number of nitrogens with one attached hydrogen (secondary N) is 2. The van der Waals surface area contributed by atoms with Gasteiger partial charge in [0.25, 0.3) is 0 Å². The Kier molecular flexibility index (Phi) is 4.56. The summed E-state index contributed by atoms with van der Waals surface area (Å²) in [6.45, 7) is 2.39. The molecule has 1 atom stereocenters. The summed E-state index contributed by atoms with van der Waals surface area (Å²) in [6.07, 6.45) is 0. The van der Waals surface area contributed by atoms with Crippen molar-refractivity contribution in [3.63, 3.8) is 0 Å². The van der Waals surface area contributed by atoms with Crippen LogP contribution in [-0.4, -0.2) is 39.5 Å². The van der Waals surface area contributed by atoms with Gasteiger partial charge in [-0.05, 0) is 14.0 Å². The molecule has 16 heavy (non-hydrogen) atoms. The van der Waals surface area contributed by atoms with Gasteiger partial charge in [-0.15, -0.1) is 5.10 Å². The molecule has 1 aromatic rings. The molecule has 0 aliphatic carbocycles. The van der Waals surface area contributed by atoms with E-state index in [0.717, 1.165) is 0 Å². The second-order valence-electron chi connectivity index (χ2n) is 3.11. The van der Waals surface area contributed by atoms with Crippen molar-refractivity contribution in [1.82, 2.24) is 20.1 Å². The number of primary amides is 1. The van der Waals surface area contributed by atoms with Crippen LogP contribution in [0.1, 0.15) is 6.92 Å². The summed E-state index contributed by atoms with van der Waals surface area (Å²) < 4.78 is 1.50. The Balaban J connectivity index is 2.67. The van der Waals surface area contributed by atoms with E-state index in [1.54, 1.807) is 7.05 Å². The summed E-state index contributed by atoms with van der Waals surface area (Å²) in [4.78, 5) is 22.2. The monoisotopic (exact) mass is 245 g/mol. The molecular weight excluding hydrogens is 230 g/mol. The number of carbonyl (C=O) groups is 1. The number of hydrogen-bond donors (Lipinski definition) is 3. The van der Waals surface area contributed by atoms with Gasteiger partial charge in [0.1, 0.15) is 0 Å². The fourth-order valence-corrected chi connectivity index (χ4v) is 2.28. The van der Waals surface area contributed by atoms with Crippen molar-refractivity contribution in [2.75, 3.05) is 12.8 Å². The van der Waals surface area contributed by atoms with Crippen molar-refractivity contribution in [3.05, 3.63) is 10.5 Å². The Morgan fingerprint density at radius 2 is 2.44 bits per heavy atom. The molecule has 0 saturated carbocycles. The second kappa shape index (κ2) is 5.71. The smallest absolute Gasteiger partial charge is 0.343 e. The highest BCUT2D eigenvalue weighted by Crippen LogP contribution is 2.13. The lowest BCUT2D eigenvalue weighted by atomic mass is 10.3. The zero-order valence-corrected chi connectivity index (χ0v) is 10.0. The molecule has 0 spiro atoms. The maximum absolute atomic E-state index is 11.2. The van der Waals surface area contributed by atoms with Gasteiger partial charge < -0.3 is 11.1 Å². The van der Waals surface area contributed by atoms with Crippen LogP contribution in [0.2, 0.25) is 0 Å². The van der Waals surface area contributed by atoms with Crippen LogP contribution < -0.4 is 16.7 Å². The van der Waals surface area contributed by atoms with Gasteiger partial charge in [-0.1, -0.05) is 11.8 Å². The van der Waals surface area contributed by atoms with Crippen LogP contribution in [0.3, 0.4) is 0 Å². The Morgan fingerprint density at radius 3 is 2.94 bits per heavy atom. The van der Waals surface area contributed by atoms with Gasteiger partial charge in [0.05, 0.1) is 6.04 Å². The van der Waals surface area contributed by atoms with Crippen LogP contribution in [0, 0.1) is 0 Å². The third-order valence-electron chi connectivity index (χ3n) is 2.11. The molecule has 90 valence electrons. The third-order valence-corrected chi connectivity index (χ3v) is 3.18. The molecule has 1 rings (SSSR count). The number of nitrogens with zero attached hydrogens (tertiary/aromatic N) is 2. The molecule has 0 fully saturated rings. The first-order valence-electron chi connectivity index (χ1n) is 4.84. The highest BCUT2D eigenvalue weighted by molar-refractivity contribution is 7.99. The third kappa shape index (κ3) is 2.86. The maximum atomic E-state index is 11.2. The van der Waals surface area contributed by atoms with E-state index in [4.69, 9.17) is 5.73 Å². The van der Waals surface area contributed by atoms with Crippen molar-refractivity contribution < 1.29 is 4.79 Å². The molecule has 0 aliphatic rings. The number of hydrogen-bond acceptors (Lipinski definition) is 5. The number of rotatable bonds is 6. The molecule has 0 aromatic carbocycles. The highest BCUT2D eigenvalue weighted by atomic mass is 32.2. The average Bonchev–Trinajstić information content (AvgIpc) is 2.59. The lowest BCUT2D eigenvalue weighted by Gasteiger charge is -2.10. The van der Waals surface area contributed by atoms with E-state index >= 15 is 0 Å². The average molecular weight is 245 g/mol. The molecule has 4 N–H and O–H groups in total. The van der Waals surface area contributed by atoms with E-state index < -0.39 is 11.9 Å². The molecule has 1 aromatic heterocycles. The van der Waals surface area contributed by atoms with Gasteiger partial charge in [0, 0.05) is 12.3 Å². The molecule has 1 unspecified atom stereocenters. The summed E-state index contributed by atoms with van der Waals surface area (Å²) in [5, 5.41) is 9.58. The highest BCUT2D eigenvalue weighted by Gasteiger charge is 2.15. The molecule has 0 bridgehead atoms. The number of amides is 1. The van der Waals surface area contributed by atoms with Crippen molar-refractivity contribution in [2.24, 2.45) is 5.73 Å². The summed E-state index contributed by atoms with van der Waals surface area (Å²) in [7, 11) is 1.66. The van der Waals surface area contributed by atoms with Crippen LogP contribution in [0.25, 0.3) is 0 Å². The largest absolute Gasteiger partial charge is 0.368 e. The normalized spacial score (nSPS) is 12.6. The molecule has 7 nitrogen and oxygen atoms in total. The maximum Gasteiger partial charge on any atom is 0.343 e. The van der Waals surface area contributed by atoms with Crippen LogP contribution in [0.5, 0.6) is 0 Å². The van der Waals surface area contributed by atoms with Crippen molar-refractivity contribution in [1.29, 1.82) is 0 Å². The van der Waals surface area contributed by atoms with Gasteiger partial charge >= 0.3 is 5.69 Å². The van der Waals surface area contributed by atoms with Crippen LogP contribution >= 0.6 is 11.8 Å². The lowest BCUT2D eigenvalue weighted by Crippen LogP contribution is -2.41. The second-order valence-corrected chi connectivity index (χ2v) is 4.10. The fourth-order valence-electron chi connectivity index (χ4n) is 1.16. The first-order chi connectivity index (χ1) is 7.60. The first-order valence-corrected chi connectivity index (χ1v) is 5.83. The zero-order valence-electron chi connectivity index (χ0n) is 9.19. The summed E-state index contributed by atoms with van der Waals surface area (Å²) in [6, 6.07) is -0.429. The molecular formula is C8H15N5O2S. The minimum atomic E-state index is -0.429. The van der Waals surface area contributed by atoms with Gasteiger partial charge in [0.2, 0.25) is 5.91 Å². The Hall–Kier alpha value is -1.28. The van der Waals surface area contributed by atoms with Crippen molar-refractivity contribution in [2.45, 2.75) is 24.7 Å². The number of aromatic nitrogens is 3.